The third kappa shape index (κ3) is 1.65. The lowest BCUT2D eigenvalue weighted by Gasteiger charge is -2.04. The normalized spacial score (nSPS) is 10.4. The van der Waals surface area contributed by atoms with Gasteiger partial charge in [0.1, 0.15) is 0 Å². The molecule has 0 radical (unpaired) electrons. The summed E-state index contributed by atoms with van der Waals surface area (Å²) in [5, 5.41) is 11.1. The van der Waals surface area contributed by atoms with E-state index in [2.05, 4.69) is 15.5 Å². The second kappa shape index (κ2) is 3.73. The van der Waals surface area contributed by atoms with E-state index in [0.717, 1.165) is 11.1 Å². The molecule has 0 aliphatic carbocycles. The highest BCUT2D eigenvalue weighted by Crippen LogP contribution is 2.19. The molecule has 82 valence electrons. The molecule has 6 heteroatoms. The van der Waals surface area contributed by atoms with Crippen LogP contribution >= 0.6 is 0 Å². The van der Waals surface area contributed by atoms with E-state index in [1.807, 2.05) is 19.1 Å². The van der Waals surface area contributed by atoms with Crippen LogP contribution in [-0.4, -0.2) is 26.1 Å². The van der Waals surface area contributed by atoms with Gasteiger partial charge < -0.3 is 5.73 Å². The molecule has 16 heavy (non-hydrogen) atoms. The van der Waals surface area contributed by atoms with Gasteiger partial charge >= 0.3 is 0 Å². The fourth-order valence-corrected chi connectivity index (χ4v) is 1.50. The van der Waals surface area contributed by atoms with E-state index in [0.29, 0.717) is 11.4 Å². The number of amides is 1. The SMILES string of the molecule is Cc1ccc(-c2nnnn2C)cc1C(N)=O. The maximum absolute atomic E-state index is 11.2. The van der Waals surface area contributed by atoms with E-state index in [4.69, 9.17) is 5.73 Å². The van der Waals surface area contributed by atoms with Crippen molar-refractivity contribution in [3.63, 3.8) is 0 Å². The van der Waals surface area contributed by atoms with Crippen molar-refractivity contribution in [2.24, 2.45) is 12.8 Å². The first-order valence-corrected chi connectivity index (χ1v) is 4.73. The summed E-state index contributed by atoms with van der Waals surface area (Å²) in [6.07, 6.45) is 0. The lowest BCUT2D eigenvalue weighted by Crippen LogP contribution is -2.12. The Kier molecular flexibility index (Phi) is 2.40. The van der Waals surface area contributed by atoms with Crippen LogP contribution in [0, 0.1) is 6.92 Å². The summed E-state index contributed by atoms with van der Waals surface area (Å²) in [5.41, 5.74) is 7.37. The molecule has 0 saturated heterocycles. The molecular weight excluding hydrogens is 206 g/mol. The Labute approximate surface area is 92.1 Å². The molecule has 0 spiro atoms. The van der Waals surface area contributed by atoms with Crippen molar-refractivity contribution in [3.8, 4) is 11.4 Å². The molecular formula is C10H11N5O. The summed E-state index contributed by atoms with van der Waals surface area (Å²) < 4.78 is 1.54. The molecule has 0 fully saturated rings. The maximum atomic E-state index is 11.2. The van der Waals surface area contributed by atoms with E-state index in [1.54, 1.807) is 13.1 Å². The second-order valence-electron chi connectivity index (χ2n) is 3.52. The fourth-order valence-electron chi connectivity index (χ4n) is 1.50. The van der Waals surface area contributed by atoms with Crippen molar-refractivity contribution in [3.05, 3.63) is 29.3 Å². The maximum Gasteiger partial charge on any atom is 0.248 e. The molecule has 0 aliphatic heterocycles. The Balaban J connectivity index is 2.56. The van der Waals surface area contributed by atoms with Crippen molar-refractivity contribution < 1.29 is 4.79 Å². The highest BCUT2D eigenvalue weighted by atomic mass is 16.1. The van der Waals surface area contributed by atoms with Crippen LogP contribution in [0.4, 0.5) is 0 Å². The third-order valence-corrected chi connectivity index (χ3v) is 2.38. The van der Waals surface area contributed by atoms with Crippen LogP contribution in [0.15, 0.2) is 18.2 Å². The van der Waals surface area contributed by atoms with Gasteiger partial charge in [-0.1, -0.05) is 12.1 Å². The number of rotatable bonds is 2. The minimum atomic E-state index is -0.450. The van der Waals surface area contributed by atoms with Gasteiger partial charge in [-0.25, -0.2) is 4.68 Å². The Hall–Kier alpha value is -2.24. The zero-order chi connectivity index (χ0) is 11.7. The number of hydrogen-bond acceptors (Lipinski definition) is 4. The zero-order valence-electron chi connectivity index (χ0n) is 9.01. The van der Waals surface area contributed by atoms with Gasteiger partial charge in [0.2, 0.25) is 5.91 Å². The van der Waals surface area contributed by atoms with Crippen molar-refractivity contribution in [1.82, 2.24) is 20.2 Å². The molecule has 1 aromatic heterocycles. The standard InChI is InChI=1S/C10H11N5O/c1-6-3-4-7(5-8(6)9(11)16)10-12-13-14-15(10)2/h3-5H,1-2H3,(H2,11,16). The van der Waals surface area contributed by atoms with Gasteiger partial charge in [-0.3, -0.25) is 4.79 Å². The second-order valence-corrected chi connectivity index (χ2v) is 3.52. The highest BCUT2D eigenvalue weighted by molar-refractivity contribution is 5.95. The van der Waals surface area contributed by atoms with E-state index in [1.165, 1.54) is 4.68 Å². The molecule has 2 aromatic rings. The molecule has 2 N–H and O–H groups in total. The predicted octanol–water partition coefficient (Wildman–Crippen LogP) is 0.284. The number of aromatic nitrogens is 4. The summed E-state index contributed by atoms with van der Waals surface area (Å²) in [7, 11) is 1.74. The fraction of sp³-hybridized carbons (Fsp3) is 0.200. The number of nitrogens with two attached hydrogens (primary N) is 1. The zero-order valence-corrected chi connectivity index (χ0v) is 9.01. The minimum Gasteiger partial charge on any atom is -0.366 e. The largest absolute Gasteiger partial charge is 0.366 e. The van der Waals surface area contributed by atoms with Crippen molar-refractivity contribution in [2.75, 3.05) is 0 Å². The summed E-state index contributed by atoms with van der Waals surface area (Å²) in [4.78, 5) is 11.2. The van der Waals surface area contributed by atoms with Gasteiger partial charge in [0.15, 0.2) is 5.82 Å². The van der Waals surface area contributed by atoms with Crippen molar-refractivity contribution in [1.29, 1.82) is 0 Å². The molecule has 6 nitrogen and oxygen atoms in total. The number of nitrogens with zero attached hydrogens (tertiary/aromatic N) is 4. The quantitative estimate of drug-likeness (QED) is 0.782. The highest BCUT2D eigenvalue weighted by Gasteiger charge is 2.10. The number of carbonyl (C=O) groups excluding carboxylic acids is 1. The monoisotopic (exact) mass is 217 g/mol. The molecule has 0 saturated carbocycles. The Morgan fingerprint density at radius 3 is 2.75 bits per heavy atom. The first-order valence-electron chi connectivity index (χ1n) is 4.73. The van der Waals surface area contributed by atoms with Crippen LogP contribution in [0.5, 0.6) is 0 Å². The van der Waals surface area contributed by atoms with Gasteiger partial charge in [-0.15, -0.1) is 5.10 Å². The number of tetrazole rings is 1. The van der Waals surface area contributed by atoms with Gasteiger partial charge in [0.05, 0.1) is 0 Å². The predicted molar refractivity (Wildman–Crippen MR) is 57.5 cm³/mol. The van der Waals surface area contributed by atoms with E-state index < -0.39 is 5.91 Å². The van der Waals surface area contributed by atoms with Gasteiger partial charge in [-0.05, 0) is 29.0 Å². The van der Waals surface area contributed by atoms with Crippen LogP contribution in [0.1, 0.15) is 15.9 Å². The topological polar surface area (TPSA) is 86.7 Å². The number of primary amides is 1. The molecule has 1 aromatic carbocycles. The van der Waals surface area contributed by atoms with Crippen molar-refractivity contribution in [2.45, 2.75) is 6.92 Å². The summed E-state index contributed by atoms with van der Waals surface area (Å²) in [6.45, 7) is 1.83. The smallest absolute Gasteiger partial charge is 0.248 e. The molecule has 1 heterocycles. The van der Waals surface area contributed by atoms with Crippen molar-refractivity contribution >= 4 is 5.91 Å². The Bertz CT molecular complexity index is 546. The number of hydrogen-bond donors (Lipinski definition) is 1. The van der Waals surface area contributed by atoms with Crippen LogP contribution in [0.2, 0.25) is 0 Å². The summed E-state index contributed by atoms with van der Waals surface area (Å²) in [5.74, 6) is 0.150. The van der Waals surface area contributed by atoms with Crippen LogP contribution in [0.25, 0.3) is 11.4 Å². The van der Waals surface area contributed by atoms with E-state index in [9.17, 15) is 4.79 Å². The average molecular weight is 217 g/mol. The number of aryl methyl sites for hydroxylation is 2. The lowest BCUT2D eigenvalue weighted by atomic mass is 10.0. The van der Waals surface area contributed by atoms with E-state index >= 15 is 0 Å². The minimum absolute atomic E-state index is 0.450. The lowest BCUT2D eigenvalue weighted by molar-refractivity contribution is 0.1000. The number of benzene rings is 1. The van der Waals surface area contributed by atoms with Crippen LogP contribution in [0.3, 0.4) is 0 Å². The average Bonchev–Trinajstić information content (AvgIpc) is 2.65. The molecule has 0 atom stereocenters. The van der Waals surface area contributed by atoms with E-state index in [-0.39, 0.29) is 0 Å². The molecule has 0 bridgehead atoms. The third-order valence-electron chi connectivity index (χ3n) is 2.38. The first-order chi connectivity index (χ1) is 7.59. The first kappa shape index (κ1) is 10.3. The Morgan fingerprint density at radius 1 is 1.44 bits per heavy atom. The molecule has 2 rings (SSSR count). The molecule has 1 amide bonds. The van der Waals surface area contributed by atoms with Crippen LogP contribution < -0.4 is 5.73 Å². The Morgan fingerprint density at radius 2 is 2.19 bits per heavy atom. The number of carbonyl (C=O) groups is 1. The van der Waals surface area contributed by atoms with Gasteiger partial charge in [-0.2, -0.15) is 0 Å². The summed E-state index contributed by atoms with van der Waals surface area (Å²) in [6, 6.07) is 5.38. The van der Waals surface area contributed by atoms with Gasteiger partial charge in [0, 0.05) is 18.2 Å². The summed E-state index contributed by atoms with van der Waals surface area (Å²) >= 11 is 0. The van der Waals surface area contributed by atoms with Gasteiger partial charge in [0.25, 0.3) is 0 Å². The molecule has 0 aliphatic rings. The molecule has 0 unspecified atom stereocenters. The van der Waals surface area contributed by atoms with Crippen LogP contribution in [-0.2, 0) is 7.05 Å².